The second-order valence-electron chi connectivity index (χ2n) is 4.06. The summed E-state index contributed by atoms with van der Waals surface area (Å²) in [5, 5.41) is 11.8. The van der Waals surface area contributed by atoms with Crippen LogP contribution >= 0.6 is 15.9 Å². The summed E-state index contributed by atoms with van der Waals surface area (Å²) >= 11 is 3.14. The first-order valence-electron chi connectivity index (χ1n) is 5.34. The predicted octanol–water partition coefficient (Wildman–Crippen LogP) is 2.48. The van der Waals surface area contributed by atoms with Crippen molar-refractivity contribution < 1.29 is 14.3 Å². The number of amides is 1. The summed E-state index contributed by atoms with van der Waals surface area (Å²) in [5.74, 6) is -1.05. The number of aliphatic hydroxyl groups excluding tert-OH is 1. The van der Waals surface area contributed by atoms with Crippen LogP contribution in [-0.2, 0) is 0 Å². The van der Waals surface area contributed by atoms with Gasteiger partial charge in [0.05, 0.1) is 11.7 Å². The molecule has 0 heterocycles. The Hall–Kier alpha value is -0.940. The van der Waals surface area contributed by atoms with Crippen molar-refractivity contribution in [1.82, 2.24) is 5.32 Å². The first kappa shape index (κ1) is 14.1. The van der Waals surface area contributed by atoms with Crippen molar-refractivity contribution in [3.05, 3.63) is 34.1 Å². The zero-order valence-corrected chi connectivity index (χ0v) is 11.3. The van der Waals surface area contributed by atoms with Gasteiger partial charge in [-0.2, -0.15) is 0 Å². The monoisotopic (exact) mass is 303 g/mol. The molecular formula is C12H15BrFNO2. The lowest BCUT2D eigenvalue weighted by atomic mass is 10.1. The molecule has 0 radical (unpaired) electrons. The largest absolute Gasteiger partial charge is 0.393 e. The van der Waals surface area contributed by atoms with E-state index in [1.807, 2.05) is 0 Å². The van der Waals surface area contributed by atoms with Gasteiger partial charge in [-0.3, -0.25) is 4.79 Å². The summed E-state index contributed by atoms with van der Waals surface area (Å²) in [6.45, 7) is 3.40. The van der Waals surface area contributed by atoms with Crippen LogP contribution in [0.15, 0.2) is 22.7 Å². The third-order valence-corrected chi connectivity index (χ3v) is 2.92. The maximum absolute atomic E-state index is 13.5. The van der Waals surface area contributed by atoms with Gasteiger partial charge in [0.2, 0.25) is 0 Å². The van der Waals surface area contributed by atoms with Gasteiger partial charge in [-0.15, -0.1) is 0 Å². The Morgan fingerprint density at radius 2 is 2.18 bits per heavy atom. The smallest absolute Gasteiger partial charge is 0.255 e. The van der Waals surface area contributed by atoms with Gasteiger partial charge in [-0.1, -0.05) is 6.07 Å². The Morgan fingerprint density at radius 3 is 2.71 bits per heavy atom. The van der Waals surface area contributed by atoms with Gasteiger partial charge in [0.25, 0.3) is 5.91 Å². The van der Waals surface area contributed by atoms with Crippen LogP contribution in [0, 0.1) is 5.82 Å². The van der Waals surface area contributed by atoms with E-state index in [9.17, 15) is 14.3 Å². The molecule has 5 heteroatoms. The summed E-state index contributed by atoms with van der Waals surface area (Å²) in [6, 6.07) is 4.15. The van der Waals surface area contributed by atoms with Crippen LogP contribution in [0.4, 0.5) is 4.39 Å². The minimum Gasteiger partial charge on any atom is -0.393 e. The molecule has 2 N–H and O–H groups in total. The molecule has 0 saturated heterocycles. The molecule has 1 amide bonds. The number of carbonyl (C=O) groups excluding carboxylic acids is 1. The van der Waals surface area contributed by atoms with Gasteiger partial charge in [0.15, 0.2) is 0 Å². The van der Waals surface area contributed by atoms with Gasteiger partial charge in [0, 0.05) is 10.5 Å². The van der Waals surface area contributed by atoms with E-state index in [0.29, 0.717) is 10.9 Å². The highest BCUT2D eigenvalue weighted by Crippen LogP contribution is 2.19. The molecule has 0 spiro atoms. The van der Waals surface area contributed by atoms with Gasteiger partial charge in [-0.25, -0.2) is 4.39 Å². The second-order valence-corrected chi connectivity index (χ2v) is 4.91. The lowest BCUT2D eigenvalue weighted by Gasteiger charge is -2.16. The van der Waals surface area contributed by atoms with Crippen LogP contribution in [-0.4, -0.2) is 23.2 Å². The number of halogens is 2. The Balaban J connectivity index is 2.77. The zero-order chi connectivity index (χ0) is 13.0. The van der Waals surface area contributed by atoms with Crippen molar-refractivity contribution in [1.29, 1.82) is 0 Å². The fourth-order valence-electron chi connectivity index (χ4n) is 1.58. The molecule has 1 rings (SSSR count). The van der Waals surface area contributed by atoms with E-state index >= 15 is 0 Å². The second kappa shape index (κ2) is 6.12. The van der Waals surface area contributed by atoms with Crippen molar-refractivity contribution in [3.63, 3.8) is 0 Å². The maximum atomic E-state index is 13.5. The zero-order valence-electron chi connectivity index (χ0n) is 9.71. The highest BCUT2D eigenvalue weighted by atomic mass is 79.9. The predicted molar refractivity (Wildman–Crippen MR) is 67.3 cm³/mol. The van der Waals surface area contributed by atoms with Crippen LogP contribution in [0.25, 0.3) is 0 Å². The Labute approximate surface area is 108 Å². The molecule has 0 bridgehead atoms. The van der Waals surface area contributed by atoms with E-state index in [4.69, 9.17) is 0 Å². The number of carbonyl (C=O) groups is 1. The summed E-state index contributed by atoms with van der Waals surface area (Å²) in [7, 11) is 0. The molecule has 3 nitrogen and oxygen atoms in total. The molecular weight excluding hydrogens is 289 g/mol. The molecule has 94 valence electrons. The molecule has 0 saturated carbocycles. The minimum atomic E-state index is -0.568. The average molecular weight is 304 g/mol. The molecule has 0 fully saturated rings. The standard InChI is InChI=1S/C12H15BrFNO2/c1-7(6-8(2)16)15-12(17)11-9(13)4-3-5-10(11)14/h3-5,7-8,16H,6H2,1-2H3,(H,15,17). The van der Waals surface area contributed by atoms with E-state index in [-0.39, 0.29) is 11.6 Å². The van der Waals surface area contributed by atoms with Crippen molar-refractivity contribution in [2.45, 2.75) is 32.4 Å². The minimum absolute atomic E-state index is 0.00931. The molecule has 1 aromatic rings. The number of nitrogens with one attached hydrogen (secondary N) is 1. The van der Waals surface area contributed by atoms with Crippen LogP contribution in [0.2, 0.25) is 0 Å². The topological polar surface area (TPSA) is 49.3 Å². The van der Waals surface area contributed by atoms with Gasteiger partial charge in [-0.05, 0) is 48.3 Å². The van der Waals surface area contributed by atoms with E-state index in [1.54, 1.807) is 19.9 Å². The Morgan fingerprint density at radius 1 is 1.53 bits per heavy atom. The third-order valence-electron chi connectivity index (χ3n) is 2.26. The van der Waals surface area contributed by atoms with Crippen LogP contribution in [0.1, 0.15) is 30.6 Å². The van der Waals surface area contributed by atoms with Crippen molar-refractivity contribution in [3.8, 4) is 0 Å². The van der Waals surface area contributed by atoms with Gasteiger partial charge in [0.1, 0.15) is 5.82 Å². The van der Waals surface area contributed by atoms with Crippen molar-refractivity contribution >= 4 is 21.8 Å². The number of hydrogen-bond acceptors (Lipinski definition) is 2. The van der Waals surface area contributed by atoms with E-state index in [0.717, 1.165) is 0 Å². The molecule has 1 aromatic carbocycles. The average Bonchev–Trinajstić information content (AvgIpc) is 2.15. The number of hydrogen-bond donors (Lipinski definition) is 2. The maximum Gasteiger partial charge on any atom is 0.255 e. The van der Waals surface area contributed by atoms with Crippen LogP contribution < -0.4 is 5.32 Å². The quantitative estimate of drug-likeness (QED) is 0.898. The molecule has 0 aliphatic rings. The van der Waals surface area contributed by atoms with Crippen molar-refractivity contribution in [2.24, 2.45) is 0 Å². The summed E-state index contributed by atoms with van der Waals surface area (Å²) < 4.78 is 13.9. The third kappa shape index (κ3) is 4.09. The van der Waals surface area contributed by atoms with E-state index in [2.05, 4.69) is 21.2 Å². The molecule has 0 aromatic heterocycles. The molecule has 0 aliphatic carbocycles. The normalized spacial score (nSPS) is 14.2. The summed E-state index contributed by atoms with van der Waals surface area (Å²) in [5.41, 5.74) is -0.00931. The van der Waals surface area contributed by atoms with E-state index in [1.165, 1.54) is 12.1 Å². The van der Waals surface area contributed by atoms with E-state index < -0.39 is 17.8 Å². The number of benzene rings is 1. The highest BCUT2D eigenvalue weighted by molar-refractivity contribution is 9.10. The summed E-state index contributed by atoms with van der Waals surface area (Å²) in [4.78, 5) is 11.8. The Bertz CT molecular complexity index is 389. The fourth-order valence-corrected chi connectivity index (χ4v) is 2.10. The lowest BCUT2D eigenvalue weighted by molar-refractivity contribution is 0.0918. The molecule has 2 unspecified atom stereocenters. The first-order chi connectivity index (χ1) is 7.91. The molecule has 17 heavy (non-hydrogen) atoms. The highest BCUT2D eigenvalue weighted by Gasteiger charge is 2.17. The van der Waals surface area contributed by atoms with Gasteiger partial charge < -0.3 is 10.4 Å². The number of aliphatic hydroxyl groups is 1. The van der Waals surface area contributed by atoms with Gasteiger partial charge >= 0.3 is 0 Å². The fraction of sp³-hybridized carbons (Fsp3) is 0.417. The number of rotatable bonds is 4. The summed E-state index contributed by atoms with van der Waals surface area (Å²) in [6.07, 6.45) is -0.0768. The SMILES string of the molecule is CC(O)CC(C)NC(=O)c1c(F)cccc1Br. The lowest BCUT2D eigenvalue weighted by Crippen LogP contribution is -2.35. The Kier molecular flexibility index (Phi) is 5.08. The molecule has 0 aliphatic heterocycles. The van der Waals surface area contributed by atoms with Crippen LogP contribution in [0.3, 0.4) is 0 Å². The molecule has 2 atom stereocenters. The van der Waals surface area contributed by atoms with Crippen molar-refractivity contribution in [2.75, 3.05) is 0 Å². The first-order valence-corrected chi connectivity index (χ1v) is 6.14. The van der Waals surface area contributed by atoms with Crippen LogP contribution in [0.5, 0.6) is 0 Å².